The summed E-state index contributed by atoms with van der Waals surface area (Å²) in [6.07, 6.45) is 1.66. The van der Waals surface area contributed by atoms with E-state index in [0.29, 0.717) is 6.54 Å². The molecule has 2 rings (SSSR count). The van der Waals surface area contributed by atoms with E-state index in [2.05, 4.69) is 5.32 Å². The van der Waals surface area contributed by atoms with Gasteiger partial charge >= 0.3 is 18.0 Å². The van der Waals surface area contributed by atoms with E-state index in [4.69, 9.17) is 9.84 Å². The first kappa shape index (κ1) is 14.6. The molecule has 2 fully saturated rings. The largest absolute Gasteiger partial charge is 0.480 e. The zero-order valence-corrected chi connectivity index (χ0v) is 11.7. The number of rotatable bonds is 4. The number of likely N-dealkylation sites (tertiary alicyclic amines) is 1. The number of carbonyl (C=O) groups is 3. The predicted molar refractivity (Wildman–Crippen MR) is 68.9 cm³/mol. The lowest BCUT2D eigenvalue weighted by Crippen LogP contribution is -2.48. The van der Waals surface area contributed by atoms with E-state index in [0.717, 1.165) is 12.8 Å². The van der Waals surface area contributed by atoms with Crippen molar-refractivity contribution in [2.45, 2.75) is 25.8 Å². The number of hydrogen-bond acceptors (Lipinski definition) is 4. The van der Waals surface area contributed by atoms with E-state index in [-0.39, 0.29) is 30.3 Å². The van der Waals surface area contributed by atoms with Crippen LogP contribution in [0.2, 0.25) is 0 Å². The van der Waals surface area contributed by atoms with Crippen LogP contribution in [0.15, 0.2) is 0 Å². The Labute approximate surface area is 117 Å². The summed E-state index contributed by atoms with van der Waals surface area (Å²) in [4.78, 5) is 36.3. The van der Waals surface area contributed by atoms with Crippen molar-refractivity contribution in [1.29, 1.82) is 0 Å². The number of urea groups is 1. The van der Waals surface area contributed by atoms with E-state index < -0.39 is 18.0 Å². The van der Waals surface area contributed by atoms with E-state index in [1.807, 2.05) is 6.92 Å². The Bertz CT molecular complexity index is 421. The van der Waals surface area contributed by atoms with Crippen molar-refractivity contribution in [3.63, 3.8) is 0 Å². The van der Waals surface area contributed by atoms with Gasteiger partial charge in [-0.2, -0.15) is 0 Å². The van der Waals surface area contributed by atoms with Crippen molar-refractivity contribution in [3.05, 3.63) is 0 Å². The molecule has 3 atom stereocenters. The molecular weight excluding hydrogens is 264 g/mol. The molecule has 0 bridgehead atoms. The summed E-state index contributed by atoms with van der Waals surface area (Å²) >= 11 is 0. The predicted octanol–water partition coefficient (Wildman–Crippen LogP) is 0.300. The summed E-state index contributed by atoms with van der Waals surface area (Å²) in [6, 6.07) is -1.24. The average molecular weight is 284 g/mol. The first-order chi connectivity index (χ1) is 9.43. The minimum absolute atomic E-state index is 0.0115. The fourth-order valence-corrected chi connectivity index (χ4v) is 2.63. The standard InChI is InChI=1S/C13H20N2O5/c1-7-5-15(6-9(7)12(18)20-2)13(19)14-10(11(16)17)8-3-4-8/h7-10H,3-6H2,1-2H3,(H,14,19)(H,16,17). The molecule has 112 valence electrons. The van der Waals surface area contributed by atoms with Crippen molar-refractivity contribution in [2.24, 2.45) is 17.8 Å². The lowest BCUT2D eigenvalue weighted by Gasteiger charge is -2.20. The van der Waals surface area contributed by atoms with Crippen molar-refractivity contribution in [1.82, 2.24) is 10.2 Å². The molecule has 7 nitrogen and oxygen atoms in total. The molecule has 2 aliphatic rings. The minimum atomic E-state index is -1.00. The van der Waals surface area contributed by atoms with Crippen LogP contribution in [0.4, 0.5) is 4.79 Å². The summed E-state index contributed by atoms with van der Waals surface area (Å²) in [5.41, 5.74) is 0. The molecule has 1 saturated carbocycles. The average Bonchev–Trinajstić information content (AvgIpc) is 3.16. The summed E-state index contributed by atoms with van der Waals surface area (Å²) < 4.78 is 4.71. The molecule has 1 aliphatic carbocycles. The van der Waals surface area contributed by atoms with Gasteiger partial charge in [0.15, 0.2) is 0 Å². The third kappa shape index (κ3) is 3.02. The highest BCUT2D eigenvalue weighted by Gasteiger charge is 2.41. The van der Waals surface area contributed by atoms with Crippen LogP contribution in [0.1, 0.15) is 19.8 Å². The van der Waals surface area contributed by atoms with Crippen LogP contribution in [0.25, 0.3) is 0 Å². The molecule has 0 spiro atoms. The maximum Gasteiger partial charge on any atom is 0.326 e. The maximum absolute atomic E-state index is 12.1. The molecule has 2 amide bonds. The Morgan fingerprint density at radius 3 is 2.45 bits per heavy atom. The monoisotopic (exact) mass is 284 g/mol. The summed E-state index contributed by atoms with van der Waals surface area (Å²) in [6.45, 7) is 2.59. The molecule has 1 saturated heterocycles. The van der Waals surface area contributed by atoms with Gasteiger partial charge in [0.1, 0.15) is 6.04 Å². The zero-order valence-electron chi connectivity index (χ0n) is 11.7. The van der Waals surface area contributed by atoms with Crippen LogP contribution in [-0.2, 0) is 14.3 Å². The van der Waals surface area contributed by atoms with Crippen molar-refractivity contribution >= 4 is 18.0 Å². The highest BCUT2D eigenvalue weighted by Crippen LogP contribution is 2.33. The highest BCUT2D eigenvalue weighted by atomic mass is 16.5. The second kappa shape index (κ2) is 5.68. The van der Waals surface area contributed by atoms with E-state index >= 15 is 0 Å². The number of hydrogen-bond donors (Lipinski definition) is 2. The van der Waals surface area contributed by atoms with Crippen molar-refractivity contribution in [3.8, 4) is 0 Å². The summed E-state index contributed by atoms with van der Waals surface area (Å²) in [5, 5.41) is 11.7. The van der Waals surface area contributed by atoms with Gasteiger partial charge in [-0.05, 0) is 24.7 Å². The first-order valence-corrected chi connectivity index (χ1v) is 6.80. The molecule has 0 radical (unpaired) electrons. The van der Waals surface area contributed by atoms with Crippen LogP contribution >= 0.6 is 0 Å². The fraction of sp³-hybridized carbons (Fsp3) is 0.769. The van der Waals surface area contributed by atoms with Gasteiger partial charge in [-0.25, -0.2) is 9.59 Å². The Hall–Kier alpha value is -1.79. The van der Waals surface area contributed by atoms with Gasteiger partial charge in [-0.1, -0.05) is 6.92 Å². The number of carboxylic acid groups (broad SMARTS) is 1. The lowest BCUT2D eigenvalue weighted by molar-refractivity contribution is -0.146. The van der Waals surface area contributed by atoms with Gasteiger partial charge in [0.25, 0.3) is 0 Å². The third-order valence-electron chi connectivity index (χ3n) is 4.04. The van der Waals surface area contributed by atoms with E-state index in [1.165, 1.54) is 12.0 Å². The first-order valence-electron chi connectivity index (χ1n) is 6.80. The summed E-state index contributed by atoms with van der Waals surface area (Å²) in [5.74, 6) is -1.62. The van der Waals surface area contributed by atoms with Gasteiger partial charge in [0.2, 0.25) is 0 Å². The normalized spacial score (nSPS) is 27.0. The second-order valence-electron chi connectivity index (χ2n) is 5.61. The van der Waals surface area contributed by atoms with Gasteiger partial charge in [0.05, 0.1) is 13.0 Å². The SMILES string of the molecule is COC(=O)C1CN(C(=O)NC(C(=O)O)C2CC2)CC1C. The maximum atomic E-state index is 12.1. The number of nitrogens with one attached hydrogen (secondary N) is 1. The quantitative estimate of drug-likeness (QED) is 0.724. The molecule has 2 N–H and O–H groups in total. The van der Waals surface area contributed by atoms with Crippen LogP contribution in [0, 0.1) is 17.8 Å². The number of carboxylic acids is 1. The molecule has 0 aromatic heterocycles. The lowest BCUT2D eigenvalue weighted by atomic mass is 9.99. The van der Waals surface area contributed by atoms with Gasteiger partial charge in [0, 0.05) is 13.1 Å². The third-order valence-corrected chi connectivity index (χ3v) is 4.04. The highest BCUT2D eigenvalue weighted by molar-refractivity contribution is 5.84. The number of aliphatic carboxylic acids is 1. The number of carbonyl (C=O) groups excluding carboxylic acids is 2. The number of nitrogens with zero attached hydrogens (tertiary/aromatic N) is 1. The van der Waals surface area contributed by atoms with Crippen LogP contribution in [0.5, 0.6) is 0 Å². The van der Waals surface area contributed by atoms with Crippen LogP contribution in [0.3, 0.4) is 0 Å². The van der Waals surface area contributed by atoms with E-state index in [1.54, 1.807) is 0 Å². The zero-order chi connectivity index (χ0) is 14.9. The number of ether oxygens (including phenoxy) is 1. The Balaban J connectivity index is 1.93. The second-order valence-corrected chi connectivity index (χ2v) is 5.61. The fourth-order valence-electron chi connectivity index (χ4n) is 2.63. The van der Waals surface area contributed by atoms with Gasteiger partial charge in [-0.15, -0.1) is 0 Å². The van der Waals surface area contributed by atoms with Crippen LogP contribution in [-0.4, -0.2) is 54.2 Å². The Kier molecular flexibility index (Phi) is 4.15. The molecule has 1 aliphatic heterocycles. The van der Waals surface area contributed by atoms with Gasteiger partial charge < -0.3 is 20.1 Å². The molecular formula is C13H20N2O5. The number of esters is 1. The topological polar surface area (TPSA) is 95.9 Å². The van der Waals surface area contributed by atoms with Crippen molar-refractivity contribution in [2.75, 3.05) is 20.2 Å². The van der Waals surface area contributed by atoms with E-state index in [9.17, 15) is 14.4 Å². The number of methoxy groups -OCH3 is 1. The van der Waals surface area contributed by atoms with Crippen LogP contribution < -0.4 is 5.32 Å². The Morgan fingerprint density at radius 2 is 1.95 bits per heavy atom. The Morgan fingerprint density at radius 1 is 1.30 bits per heavy atom. The molecule has 0 aromatic carbocycles. The minimum Gasteiger partial charge on any atom is -0.480 e. The van der Waals surface area contributed by atoms with Gasteiger partial charge in [-0.3, -0.25) is 4.79 Å². The smallest absolute Gasteiger partial charge is 0.326 e. The number of amides is 2. The van der Waals surface area contributed by atoms with Crippen molar-refractivity contribution < 1.29 is 24.2 Å². The summed E-state index contributed by atoms with van der Waals surface area (Å²) in [7, 11) is 1.32. The molecule has 0 aromatic rings. The molecule has 3 unspecified atom stereocenters. The molecule has 1 heterocycles. The molecule has 7 heteroatoms. The molecule has 20 heavy (non-hydrogen) atoms.